The monoisotopic (exact) mass is 591 g/mol. The fourth-order valence-electron chi connectivity index (χ4n) is 5.85. The lowest BCUT2D eigenvalue weighted by atomic mass is 10.1. The summed E-state index contributed by atoms with van der Waals surface area (Å²) in [5.74, 6) is 0.814. The number of fused-ring (bicyclic) bond motifs is 1. The first kappa shape index (κ1) is 27.2. The minimum atomic E-state index is 0.813. The summed E-state index contributed by atoms with van der Waals surface area (Å²) in [6.45, 7) is 0. The molecular weight excluding hydrogens is 562 g/mol. The van der Waals surface area contributed by atoms with E-state index in [1.807, 2.05) is 67.0 Å². The van der Waals surface area contributed by atoms with Gasteiger partial charge in [-0.15, -0.1) is 0 Å². The van der Waals surface area contributed by atoms with Crippen molar-refractivity contribution in [2.75, 3.05) is 4.90 Å². The van der Waals surface area contributed by atoms with Crippen LogP contribution in [0.4, 0.5) is 17.1 Å². The van der Waals surface area contributed by atoms with E-state index in [1.54, 1.807) is 0 Å². The van der Waals surface area contributed by atoms with Crippen molar-refractivity contribution in [1.29, 1.82) is 0 Å². The zero-order valence-electron chi connectivity index (χ0n) is 25.0. The quantitative estimate of drug-likeness (QED) is 0.185. The van der Waals surface area contributed by atoms with Gasteiger partial charge in [0, 0.05) is 51.8 Å². The summed E-state index contributed by atoms with van der Waals surface area (Å²) >= 11 is 0. The van der Waals surface area contributed by atoms with Crippen LogP contribution in [0.3, 0.4) is 0 Å². The minimum absolute atomic E-state index is 0.813. The van der Waals surface area contributed by atoms with E-state index in [0.717, 1.165) is 67.7 Å². The smallest absolute Gasteiger partial charge is 0.164 e. The summed E-state index contributed by atoms with van der Waals surface area (Å²) in [7, 11) is 0. The van der Waals surface area contributed by atoms with Crippen molar-refractivity contribution in [3.8, 4) is 39.6 Å². The van der Waals surface area contributed by atoms with E-state index in [9.17, 15) is 0 Å². The fourth-order valence-corrected chi connectivity index (χ4v) is 5.85. The molecule has 0 fully saturated rings. The van der Waals surface area contributed by atoms with Crippen LogP contribution in [0.2, 0.25) is 0 Å². The maximum atomic E-state index is 4.94. The predicted molar refractivity (Wildman–Crippen MR) is 188 cm³/mol. The van der Waals surface area contributed by atoms with Crippen LogP contribution in [0, 0.1) is 0 Å². The Morgan fingerprint density at radius 3 is 1.50 bits per heavy atom. The highest BCUT2D eigenvalue weighted by molar-refractivity contribution is 5.83. The minimum Gasteiger partial charge on any atom is -0.311 e. The van der Waals surface area contributed by atoms with Gasteiger partial charge in [-0.2, -0.15) is 0 Å². The Morgan fingerprint density at radius 2 is 0.913 bits per heavy atom. The van der Waals surface area contributed by atoms with Crippen LogP contribution in [-0.4, -0.2) is 19.5 Å². The molecule has 0 saturated carbocycles. The van der Waals surface area contributed by atoms with Crippen LogP contribution in [0.1, 0.15) is 0 Å². The van der Waals surface area contributed by atoms with Crippen LogP contribution in [-0.2, 0) is 0 Å². The lowest BCUT2D eigenvalue weighted by Crippen LogP contribution is -2.09. The summed E-state index contributed by atoms with van der Waals surface area (Å²) in [4.78, 5) is 16.9. The number of imidazole rings is 1. The Hall–Kier alpha value is -6.33. The topological polar surface area (TPSA) is 46.8 Å². The number of aromatic nitrogens is 4. The number of nitrogens with zero attached hydrogens (tertiary/aromatic N) is 5. The van der Waals surface area contributed by atoms with Gasteiger partial charge in [-0.1, -0.05) is 91.0 Å². The zero-order valence-corrected chi connectivity index (χ0v) is 25.0. The second-order valence-corrected chi connectivity index (χ2v) is 11.0. The largest absolute Gasteiger partial charge is 0.311 e. The van der Waals surface area contributed by atoms with Crippen molar-refractivity contribution in [3.05, 3.63) is 176 Å². The molecule has 3 heterocycles. The van der Waals surface area contributed by atoms with Gasteiger partial charge in [0.2, 0.25) is 0 Å². The lowest BCUT2D eigenvalue weighted by Gasteiger charge is -2.25. The third-order valence-electron chi connectivity index (χ3n) is 8.11. The molecule has 0 unspecified atom stereocenters. The van der Waals surface area contributed by atoms with Crippen molar-refractivity contribution in [2.24, 2.45) is 0 Å². The van der Waals surface area contributed by atoms with Gasteiger partial charge in [0.1, 0.15) is 5.69 Å². The van der Waals surface area contributed by atoms with Crippen molar-refractivity contribution in [1.82, 2.24) is 19.5 Å². The number of hydrogen-bond acceptors (Lipinski definition) is 4. The van der Waals surface area contributed by atoms with Crippen LogP contribution < -0.4 is 4.90 Å². The van der Waals surface area contributed by atoms with Gasteiger partial charge in [-0.3, -0.25) is 14.5 Å². The Morgan fingerprint density at radius 1 is 0.413 bits per heavy atom. The Kier molecular flexibility index (Phi) is 7.09. The molecular formula is C41H29N5. The summed E-state index contributed by atoms with van der Waals surface area (Å²) in [6, 6.07) is 56.2. The van der Waals surface area contributed by atoms with E-state index in [4.69, 9.17) is 15.0 Å². The first-order valence-corrected chi connectivity index (χ1v) is 15.3. The Labute approximate surface area is 267 Å². The fraction of sp³-hybridized carbons (Fsp3) is 0. The van der Waals surface area contributed by atoms with Gasteiger partial charge in [-0.25, -0.2) is 4.98 Å². The molecule has 5 heteroatoms. The summed E-state index contributed by atoms with van der Waals surface area (Å²) in [5.41, 5.74) is 11.2. The molecule has 5 nitrogen and oxygen atoms in total. The van der Waals surface area contributed by atoms with Gasteiger partial charge in [-0.05, 0) is 72.8 Å². The van der Waals surface area contributed by atoms with E-state index in [0.29, 0.717) is 0 Å². The maximum Gasteiger partial charge on any atom is 0.164 e. The van der Waals surface area contributed by atoms with Crippen molar-refractivity contribution in [3.63, 3.8) is 0 Å². The molecule has 0 radical (unpaired) electrons. The van der Waals surface area contributed by atoms with E-state index in [2.05, 4.69) is 119 Å². The summed E-state index contributed by atoms with van der Waals surface area (Å²) in [6.07, 6.45) is 3.82. The number of rotatable bonds is 7. The molecule has 5 aromatic carbocycles. The van der Waals surface area contributed by atoms with E-state index in [1.165, 1.54) is 0 Å². The molecule has 3 aromatic heterocycles. The molecule has 46 heavy (non-hydrogen) atoms. The average Bonchev–Trinajstić information content (AvgIpc) is 3.53. The highest BCUT2D eigenvalue weighted by Crippen LogP contribution is 2.35. The second-order valence-electron chi connectivity index (χ2n) is 11.0. The molecule has 0 saturated heterocycles. The molecule has 0 spiro atoms. The van der Waals surface area contributed by atoms with Crippen molar-refractivity contribution < 1.29 is 0 Å². The average molecular weight is 592 g/mol. The maximum absolute atomic E-state index is 4.94. The SMILES string of the molecule is c1ccc(N(c2ccccc2)c2ccc(-c3ccc(-c4ccc(-c5nc6ccccc6n5-c5ccccc5)nc4)cn3)cc2)cc1. The van der Waals surface area contributed by atoms with E-state index < -0.39 is 0 Å². The normalized spacial score (nSPS) is 11.0. The van der Waals surface area contributed by atoms with Crippen molar-refractivity contribution in [2.45, 2.75) is 0 Å². The van der Waals surface area contributed by atoms with Crippen LogP contribution >= 0.6 is 0 Å². The molecule has 0 aliphatic carbocycles. The molecule has 0 atom stereocenters. The van der Waals surface area contributed by atoms with Crippen LogP contribution in [0.5, 0.6) is 0 Å². The number of benzene rings is 5. The molecule has 218 valence electrons. The summed E-state index contributed by atoms with van der Waals surface area (Å²) < 4.78 is 2.16. The van der Waals surface area contributed by atoms with E-state index >= 15 is 0 Å². The summed E-state index contributed by atoms with van der Waals surface area (Å²) in [5, 5.41) is 0. The first-order valence-electron chi connectivity index (χ1n) is 15.3. The molecule has 0 amide bonds. The Bertz CT molecular complexity index is 2170. The second kappa shape index (κ2) is 12.0. The van der Waals surface area contributed by atoms with E-state index in [-0.39, 0.29) is 0 Å². The lowest BCUT2D eigenvalue weighted by molar-refractivity contribution is 1.08. The number of anilines is 3. The highest BCUT2D eigenvalue weighted by atomic mass is 15.1. The third-order valence-corrected chi connectivity index (χ3v) is 8.11. The highest BCUT2D eigenvalue weighted by Gasteiger charge is 2.16. The standard InChI is InChI=1S/C41H29N5/c1-4-12-33(13-5-1)45(34-14-6-2-7-15-34)36-24-20-30(21-25-36)37-26-22-31(28-42-37)32-23-27-39(43-29-32)41-44-38-18-10-11-19-40(38)46(41)35-16-8-3-9-17-35/h1-29H. The van der Waals surface area contributed by atoms with Gasteiger partial charge in [0.25, 0.3) is 0 Å². The van der Waals surface area contributed by atoms with Crippen LogP contribution in [0.25, 0.3) is 50.6 Å². The molecule has 8 aromatic rings. The molecule has 0 aliphatic rings. The first-order chi connectivity index (χ1) is 22.8. The number of hydrogen-bond donors (Lipinski definition) is 0. The number of pyridine rings is 2. The molecule has 0 N–H and O–H groups in total. The van der Waals surface area contributed by atoms with Gasteiger partial charge in [0.15, 0.2) is 5.82 Å². The Balaban J connectivity index is 1.06. The number of para-hydroxylation sites is 5. The third kappa shape index (κ3) is 5.20. The molecule has 0 aliphatic heterocycles. The molecule has 0 bridgehead atoms. The van der Waals surface area contributed by atoms with Gasteiger partial charge >= 0.3 is 0 Å². The van der Waals surface area contributed by atoms with Gasteiger partial charge < -0.3 is 4.90 Å². The van der Waals surface area contributed by atoms with Crippen molar-refractivity contribution >= 4 is 28.1 Å². The van der Waals surface area contributed by atoms with Crippen LogP contribution in [0.15, 0.2) is 176 Å². The van der Waals surface area contributed by atoms with Gasteiger partial charge in [0.05, 0.1) is 16.7 Å². The zero-order chi connectivity index (χ0) is 30.7. The predicted octanol–water partition coefficient (Wildman–Crippen LogP) is 10.3. The molecule has 8 rings (SSSR count).